The zero-order valence-electron chi connectivity index (χ0n) is 9.87. The van der Waals surface area contributed by atoms with Gasteiger partial charge in [0, 0.05) is 19.5 Å². The van der Waals surface area contributed by atoms with E-state index in [-0.39, 0.29) is 25.5 Å². The van der Waals surface area contributed by atoms with E-state index in [0.717, 1.165) is 11.1 Å². The highest BCUT2D eigenvalue weighted by atomic mass is 16.4. The molecular formula is C13H15NO4. The normalized spacial score (nSPS) is 19.3. The SMILES string of the molecule is O=C(O)C1CC(=O)N(Cc2cccc(CO)c2)C1. The van der Waals surface area contributed by atoms with Gasteiger partial charge in [0.25, 0.3) is 0 Å². The van der Waals surface area contributed by atoms with Crippen molar-refractivity contribution in [1.29, 1.82) is 0 Å². The lowest BCUT2D eigenvalue weighted by Gasteiger charge is -2.16. The molecule has 1 aromatic carbocycles. The van der Waals surface area contributed by atoms with Crippen LogP contribution in [0.4, 0.5) is 0 Å². The highest BCUT2D eigenvalue weighted by molar-refractivity contribution is 5.86. The summed E-state index contributed by atoms with van der Waals surface area (Å²) in [6.07, 6.45) is 0.0784. The van der Waals surface area contributed by atoms with Gasteiger partial charge in [-0.05, 0) is 11.1 Å². The minimum Gasteiger partial charge on any atom is -0.481 e. The number of benzene rings is 1. The minimum atomic E-state index is -0.921. The van der Waals surface area contributed by atoms with Crippen molar-refractivity contribution in [2.45, 2.75) is 19.6 Å². The van der Waals surface area contributed by atoms with Crippen LogP contribution in [-0.2, 0) is 22.7 Å². The predicted octanol–water partition coefficient (Wildman–Crippen LogP) is 0.612. The van der Waals surface area contributed by atoms with E-state index in [9.17, 15) is 9.59 Å². The van der Waals surface area contributed by atoms with Crippen molar-refractivity contribution < 1.29 is 19.8 Å². The van der Waals surface area contributed by atoms with Gasteiger partial charge in [0.1, 0.15) is 0 Å². The molecule has 1 fully saturated rings. The summed E-state index contributed by atoms with van der Waals surface area (Å²) in [4.78, 5) is 24.0. The molecule has 2 rings (SSSR count). The Morgan fingerprint density at radius 2 is 2.11 bits per heavy atom. The van der Waals surface area contributed by atoms with Crippen LogP contribution in [0.3, 0.4) is 0 Å². The molecule has 1 atom stereocenters. The van der Waals surface area contributed by atoms with Gasteiger partial charge in [-0.2, -0.15) is 0 Å². The summed E-state index contributed by atoms with van der Waals surface area (Å²) in [6.45, 7) is 0.619. The van der Waals surface area contributed by atoms with E-state index in [0.29, 0.717) is 6.54 Å². The Morgan fingerprint density at radius 1 is 1.39 bits per heavy atom. The van der Waals surface area contributed by atoms with Crippen molar-refractivity contribution >= 4 is 11.9 Å². The maximum atomic E-state index is 11.7. The lowest BCUT2D eigenvalue weighted by atomic mass is 10.1. The van der Waals surface area contributed by atoms with Crippen LogP contribution in [-0.4, -0.2) is 33.5 Å². The lowest BCUT2D eigenvalue weighted by Crippen LogP contribution is -2.25. The van der Waals surface area contributed by atoms with Crippen LogP contribution in [0.1, 0.15) is 17.5 Å². The van der Waals surface area contributed by atoms with Crippen LogP contribution in [0.15, 0.2) is 24.3 Å². The van der Waals surface area contributed by atoms with E-state index in [1.165, 1.54) is 0 Å². The second kappa shape index (κ2) is 5.18. The Bertz CT molecular complexity index is 472. The average Bonchev–Trinajstić information content (AvgIpc) is 2.71. The van der Waals surface area contributed by atoms with E-state index in [1.54, 1.807) is 11.0 Å². The third kappa shape index (κ3) is 2.68. The zero-order valence-corrected chi connectivity index (χ0v) is 9.87. The number of aliphatic hydroxyl groups excluding tert-OH is 1. The summed E-state index contributed by atoms with van der Waals surface area (Å²) in [5, 5.41) is 17.9. The van der Waals surface area contributed by atoms with Crippen molar-refractivity contribution in [3.05, 3.63) is 35.4 Å². The predicted molar refractivity (Wildman–Crippen MR) is 63.5 cm³/mol. The monoisotopic (exact) mass is 249 g/mol. The maximum Gasteiger partial charge on any atom is 0.308 e. The van der Waals surface area contributed by atoms with E-state index < -0.39 is 11.9 Å². The van der Waals surface area contributed by atoms with Gasteiger partial charge in [-0.1, -0.05) is 24.3 Å². The molecular weight excluding hydrogens is 234 g/mol. The molecule has 1 aliphatic heterocycles. The summed E-state index contributed by atoms with van der Waals surface area (Å²) < 4.78 is 0. The summed E-state index contributed by atoms with van der Waals surface area (Å²) in [5.74, 6) is -1.65. The third-order valence-electron chi connectivity index (χ3n) is 3.11. The van der Waals surface area contributed by atoms with Crippen LogP contribution in [0, 0.1) is 5.92 Å². The molecule has 1 heterocycles. The lowest BCUT2D eigenvalue weighted by molar-refractivity contribution is -0.141. The average molecular weight is 249 g/mol. The van der Waals surface area contributed by atoms with Crippen LogP contribution in [0.25, 0.3) is 0 Å². The maximum absolute atomic E-state index is 11.7. The standard InChI is InChI=1S/C13H15NO4/c15-8-10-3-1-2-9(4-10)6-14-7-11(13(17)18)5-12(14)16/h1-4,11,15H,5-8H2,(H,17,18). The number of carbonyl (C=O) groups is 2. The molecule has 0 radical (unpaired) electrons. The number of carboxylic acids is 1. The molecule has 1 saturated heterocycles. The molecule has 0 aromatic heterocycles. The summed E-state index contributed by atoms with van der Waals surface area (Å²) in [5.41, 5.74) is 1.69. The van der Waals surface area contributed by atoms with Gasteiger partial charge in [0.15, 0.2) is 0 Å². The molecule has 0 spiro atoms. The molecule has 1 aliphatic rings. The third-order valence-corrected chi connectivity index (χ3v) is 3.11. The summed E-state index contributed by atoms with van der Waals surface area (Å²) in [6, 6.07) is 7.30. The van der Waals surface area contributed by atoms with Gasteiger partial charge in [-0.25, -0.2) is 0 Å². The van der Waals surface area contributed by atoms with Crippen molar-refractivity contribution in [3.63, 3.8) is 0 Å². The molecule has 2 N–H and O–H groups in total. The van der Waals surface area contributed by atoms with Crippen LogP contribution < -0.4 is 0 Å². The molecule has 1 aromatic rings. The first kappa shape index (κ1) is 12.6. The largest absolute Gasteiger partial charge is 0.481 e. The van der Waals surface area contributed by atoms with Crippen LogP contribution >= 0.6 is 0 Å². The topological polar surface area (TPSA) is 77.8 Å². The number of hydrogen-bond donors (Lipinski definition) is 2. The number of likely N-dealkylation sites (tertiary alicyclic amines) is 1. The second-order valence-corrected chi connectivity index (χ2v) is 4.49. The molecule has 1 amide bonds. The fraction of sp³-hybridized carbons (Fsp3) is 0.385. The Hall–Kier alpha value is -1.88. The molecule has 5 heteroatoms. The highest BCUT2D eigenvalue weighted by Crippen LogP contribution is 2.20. The van der Waals surface area contributed by atoms with E-state index in [1.807, 2.05) is 18.2 Å². The molecule has 96 valence electrons. The van der Waals surface area contributed by atoms with Gasteiger partial charge in [-0.3, -0.25) is 9.59 Å². The number of aliphatic hydroxyl groups is 1. The molecule has 0 saturated carbocycles. The van der Waals surface area contributed by atoms with Crippen molar-refractivity contribution in [2.24, 2.45) is 5.92 Å². The molecule has 18 heavy (non-hydrogen) atoms. The molecule has 0 aliphatic carbocycles. The Morgan fingerprint density at radius 3 is 2.72 bits per heavy atom. The summed E-state index contributed by atoms with van der Waals surface area (Å²) in [7, 11) is 0. The van der Waals surface area contributed by atoms with E-state index in [2.05, 4.69) is 0 Å². The number of nitrogens with zero attached hydrogens (tertiary/aromatic N) is 1. The number of amides is 1. The van der Waals surface area contributed by atoms with Gasteiger partial charge >= 0.3 is 5.97 Å². The Labute approximate surface area is 105 Å². The zero-order chi connectivity index (χ0) is 13.1. The highest BCUT2D eigenvalue weighted by Gasteiger charge is 2.33. The van der Waals surface area contributed by atoms with Gasteiger partial charge in [-0.15, -0.1) is 0 Å². The van der Waals surface area contributed by atoms with Crippen molar-refractivity contribution in [2.75, 3.05) is 6.54 Å². The fourth-order valence-corrected chi connectivity index (χ4v) is 2.14. The quantitative estimate of drug-likeness (QED) is 0.819. The number of rotatable bonds is 4. The number of aliphatic carboxylic acids is 1. The molecule has 0 bridgehead atoms. The van der Waals surface area contributed by atoms with Crippen molar-refractivity contribution in [1.82, 2.24) is 4.90 Å². The number of hydrogen-bond acceptors (Lipinski definition) is 3. The van der Waals surface area contributed by atoms with E-state index >= 15 is 0 Å². The fourth-order valence-electron chi connectivity index (χ4n) is 2.14. The van der Waals surface area contributed by atoms with Gasteiger partial charge in [0.05, 0.1) is 12.5 Å². The van der Waals surface area contributed by atoms with Crippen molar-refractivity contribution in [3.8, 4) is 0 Å². The first-order valence-electron chi connectivity index (χ1n) is 5.79. The number of carbonyl (C=O) groups excluding carboxylic acids is 1. The Kier molecular flexibility index (Phi) is 3.62. The van der Waals surface area contributed by atoms with Crippen LogP contribution in [0.2, 0.25) is 0 Å². The van der Waals surface area contributed by atoms with Crippen LogP contribution in [0.5, 0.6) is 0 Å². The number of carboxylic acid groups (broad SMARTS) is 1. The molecule has 5 nitrogen and oxygen atoms in total. The smallest absolute Gasteiger partial charge is 0.308 e. The Balaban J connectivity index is 2.05. The van der Waals surface area contributed by atoms with Gasteiger partial charge < -0.3 is 15.1 Å². The van der Waals surface area contributed by atoms with E-state index in [4.69, 9.17) is 10.2 Å². The second-order valence-electron chi connectivity index (χ2n) is 4.49. The minimum absolute atomic E-state index is 0.0421. The first-order valence-corrected chi connectivity index (χ1v) is 5.79. The first-order chi connectivity index (χ1) is 8.60. The summed E-state index contributed by atoms with van der Waals surface area (Å²) >= 11 is 0. The molecule has 1 unspecified atom stereocenters. The van der Waals surface area contributed by atoms with Gasteiger partial charge in [0.2, 0.25) is 5.91 Å².